The van der Waals surface area contributed by atoms with Crippen LogP contribution in [0.3, 0.4) is 0 Å². The number of hydrogen-bond acceptors (Lipinski definition) is 6. The van der Waals surface area contributed by atoms with Crippen LogP contribution < -0.4 is 0 Å². The first-order valence-electron chi connectivity index (χ1n) is 13.6. The third-order valence-electron chi connectivity index (χ3n) is 6.09. The highest BCUT2D eigenvalue weighted by atomic mass is 28.4. The van der Waals surface area contributed by atoms with E-state index < -0.39 is 8.80 Å². The SMILES string of the molecule is CCCCCCCCCCCCCCCCOCCOCCOCCC[Si](OC)(OC)OC. The minimum Gasteiger partial charge on any atom is -0.379 e. The van der Waals surface area contributed by atoms with Crippen molar-refractivity contribution in [3.05, 3.63) is 0 Å². The van der Waals surface area contributed by atoms with Crippen molar-refractivity contribution in [1.82, 2.24) is 0 Å². The molecule has 33 heavy (non-hydrogen) atoms. The molecule has 200 valence electrons. The molecule has 0 rings (SSSR count). The Morgan fingerprint density at radius 3 is 1.12 bits per heavy atom. The van der Waals surface area contributed by atoms with Crippen LogP contribution in [0.25, 0.3) is 0 Å². The van der Waals surface area contributed by atoms with E-state index in [1.54, 1.807) is 21.3 Å². The monoisotopic (exact) mass is 492 g/mol. The van der Waals surface area contributed by atoms with Gasteiger partial charge in [-0.2, -0.15) is 0 Å². The van der Waals surface area contributed by atoms with E-state index in [-0.39, 0.29) is 0 Å². The summed E-state index contributed by atoms with van der Waals surface area (Å²) in [6, 6.07) is 0.754. The molecule has 7 heteroatoms. The van der Waals surface area contributed by atoms with Gasteiger partial charge in [-0.1, -0.05) is 90.4 Å². The predicted octanol–water partition coefficient (Wildman–Crippen LogP) is 6.79. The fourth-order valence-electron chi connectivity index (χ4n) is 3.89. The van der Waals surface area contributed by atoms with Gasteiger partial charge in [-0.05, 0) is 12.8 Å². The van der Waals surface area contributed by atoms with Gasteiger partial charge >= 0.3 is 8.80 Å². The first-order chi connectivity index (χ1) is 16.2. The molecule has 0 saturated carbocycles. The van der Waals surface area contributed by atoms with Gasteiger partial charge in [-0.15, -0.1) is 0 Å². The second kappa shape index (κ2) is 26.6. The van der Waals surface area contributed by atoms with E-state index in [0.717, 1.165) is 25.5 Å². The van der Waals surface area contributed by atoms with Crippen molar-refractivity contribution in [1.29, 1.82) is 0 Å². The Kier molecular flexibility index (Phi) is 26.6. The Bertz CT molecular complexity index is 360. The second-order valence-corrected chi connectivity index (χ2v) is 11.9. The number of rotatable bonds is 28. The van der Waals surface area contributed by atoms with Crippen molar-refractivity contribution >= 4 is 8.80 Å². The van der Waals surface area contributed by atoms with Crippen LogP contribution in [0.5, 0.6) is 0 Å². The molecule has 0 aromatic heterocycles. The van der Waals surface area contributed by atoms with Gasteiger partial charge in [0.05, 0.1) is 26.4 Å². The molecule has 0 unspecified atom stereocenters. The van der Waals surface area contributed by atoms with E-state index >= 15 is 0 Å². The summed E-state index contributed by atoms with van der Waals surface area (Å²) in [5, 5.41) is 0. The molecular formula is C26H56O6Si. The summed E-state index contributed by atoms with van der Waals surface area (Å²) in [5.74, 6) is 0. The fourth-order valence-corrected chi connectivity index (χ4v) is 5.58. The smallest absolute Gasteiger partial charge is 0.379 e. The summed E-state index contributed by atoms with van der Waals surface area (Å²) < 4.78 is 33.0. The third-order valence-corrected chi connectivity index (χ3v) is 8.92. The Hall–Kier alpha value is -0.0231. The first-order valence-corrected chi connectivity index (χ1v) is 15.6. The van der Waals surface area contributed by atoms with Gasteiger partial charge in [0, 0.05) is 40.6 Å². The summed E-state index contributed by atoms with van der Waals surface area (Å²) in [4.78, 5) is 0. The van der Waals surface area contributed by atoms with Crippen molar-refractivity contribution < 1.29 is 27.5 Å². The standard InChI is InChI=1S/C26H56O6Si/c1-5-6-7-8-9-10-11-12-13-14-15-16-17-18-20-30-22-24-32-25-23-31-21-19-26-33(27-2,28-3)29-4/h5-26H2,1-4H3. The van der Waals surface area contributed by atoms with E-state index in [9.17, 15) is 0 Å². The lowest BCUT2D eigenvalue weighted by Crippen LogP contribution is -2.42. The number of ether oxygens (including phenoxy) is 3. The molecule has 0 radical (unpaired) electrons. The average molecular weight is 493 g/mol. The highest BCUT2D eigenvalue weighted by Gasteiger charge is 2.36. The van der Waals surface area contributed by atoms with E-state index in [4.69, 9.17) is 27.5 Å². The molecule has 0 saturated heterocycles. The summed E-state index contributed by atoms with van der Waals surface area (Å²) >= 11 is 0. The van der Waals surface area contributed by atoms with Gasteiger partial charge in [0.25, 0.3) is 0 Å². The summed E-state index contributed by atoms with van der Waals surface area (Å²) in [6.45, 7) is 6.29. The van der Waals surface area contributed by atoms with Crippen molar-refractivity contribution in [3.63, 3.8) is 0 Å². The molecule has 0 heterocycles. The maximum Gasteiger partial charge on any atom is 0.500 e. The summed E-state index contributed by atoms with van der Waals surface area (Å²) in [5.41, 5.74) is 0. The molecule has 0 atom stereocenters. The van der Waals surface area contributed by atoms with Crippen LogP contribution >= 0.6 is 0 Å². The van der Waals surface area contributed by atoms with Crippen LogP contribution in [0.4, 0.5) is 0 Å². The molecular weight excluding hydrogens is 436 g/mol. The van der Waals surface area contributed by atoms with Crippen molar-refractivity contribution in [2.24, 2.45) is 0 Å². The maximum absolute atomic E-state index is 5.66. The lowest BCUT2D eigenvalue weighted by molar-refractivity contribution is 0.0133. The van der Waals surface area contributed by atoms with Gasteiger partial charge < -0.3 is 27.5 Å². The van der Waals surface area contributed by atoms with Crippen molar-refractivity contribution in [2.75, 3.05) is 61.0 Å². The maximum atomic E-state index is 5.66. The highest BCUT2D eigenvalue weighted by molar-refractivity contribution is 6.60. The van der Waals surface area contributed by atoms with E-state index in [1.165, 1.54) is 83.5 Å². The summed E-state index contributed by atoms with van der Waals surface area (Å²) in [7, 11) is 2.44. The van der Waals surface area contributed by atoms with Gasteiger partial charge in [0.15, 0.2) is 0 Å². The average Bonchev–Trinajstić information content (AvgIpc) is 2.84. The number of unbranched alkanes of at least 4 members (excludes halogenated alkanes) is 13. The van der Waals surface area contributed by atoms with Gasteiger partial charge in [-0.25, -0.2) is 0 Å². The Balaban J connectivity index is 3.15. The minimum absolute atomic E-state index is 0.598. The van der Waals surface area contributed by atoms with E-state index in [1.807, 2.05) is 0 Å². The largest absolute Gasteiger partial charge is 0.500 e. The Morgan fingerprint density at radius 2 is 0.727 bits per heavy atom. The first kappa shape index (κ1) is 33.0. The molecule has 0 N–H and O–H groups in total. The third kappa shape index (κ3) is 22.2. The molecule has 0 fully saturated rings. The lowest BCUT2D eigenvalue weighted by atomic mass is 10.0. The molecule has 0 spiro atoms. The van der Waals surface area contributed by atoms with Gasteiger partial charge in [-0.3, -0.25) is 0 Å². The quantitative estimate of drug-likeness (QED) is 0.0885. The minimum atomic E-state index is -2.46. The zero-order valence-electron chi connectivity index (χ0n) is 22.5. The number of hydrogen-bond donors (Lipinski definition) is 0. The molecule has 0 aliphatic carbocycles. The molecule has 0 bridgehead atoms. The zero-order chi connectivity index (χ0) is 24.3. The zero-order valence-corrected chi connectivity index (χ0v) is 23.5. The van der Waals surface area contributed by atoms with Crippen LogP contribution in [0.1, 0.15) is 103 Å². The molecule has 0 aliphatic rings. The fraction of sp³-hybridized carbons (Fsp3) is 1.00. The molecule has 0 aromatic carbocycles. The second-order valence-electron chi connectivity index (χ2n) is 8.83. The predicted molar refractivity (Wildman–Crippen MR) is 139 cm³/mol. The Morgan fingerprint density at radius 1 is 0.394 bits per heavy atom. The lowest BCUT2D eigenvalue weighted by Gasteiger charge is -2.24. The molecule has 0 amide bonds. The van der Waals surface area contributed by atoms with Crippen LogP contribution in [0, 0.1) is 0 Å². The van der Waals surface area contributed by atoms with Crippen LogP contribution in [-0.4, -0.2) is 69.8 Å². The van der Waals surface area contributed by atoms with Crippen LogP contribution in [0.2, 0.25) is 6.04 Å². The van der Waals surface area contributed by atoms with Gasteiger partial charge in [0.1, 0.15) is 0 Å². The summed E-state index contributed by atoms with van der Waals surface area (Å²) in [6.07, 6.45) is 20.2. The molecule has 0 aliphatic heterocycles. The van der Waals surface area contributed by atoms with E-state index in [0.29, 0.717) is 33.0 Å². The normalized spacial score (nSPS) is 12.0. The van der Waals surface area contributed by atoms with Crippen LogP contribution in [0.15, 0.2) is 0 Å². The van der Waals surface area contributed by atoms with Crippen molar-refractivity contribution in [3.8, 4) is 0 Å². The van der Waals surface area contributed by atoms with Crippen LogP contribution in [-0.2, 0) is 27.5 Å². The Labute approximate surface area is 206 Å². The molecule has 6 nitrogen and oxygen atoms in total. The van der Waals surface area contributed by atoms with Gasteiger partial charge in [0.2, 0.25) is 0 Å². The highest BCUT2D eigenvalue weighted by Crippen LogP contribution is 2.15. The van der Waals surface area contributed by atoms with E-state index in [2.05, 4.69) is 6.92 Å². The molecule has 0 aromatic rings. The van der Waals surface area contributed by atoms with Crippen molar-refractivity contribution in [2.45, 2.75) is 109 Å². The topological polar surface area (TPSA) is 55.4 Å².